The molecular formula is C11H17N3O3. The van der Waals surface area contributed by atoms with Gasteiger partial charge in [-0.05, 0) is 19.9 Å². The summed E-state index contributed by atoms with van der Waals surface area (Å²) in [6, 6.07) is 1.37. The number of hydrogen-bond donors (Lipinski definition) is 1. The molecule has 1 atom stereocenters. The number of carbonyl (C=O) groups is 2. The zero-order chi connectivity index (χ0) is 12.7. The van der Waals surface area contributed by atoms with Crippen molar-refractivity contribution >= 4 is 11.9 Å². The molecule has 0 saturated heterocycles. The third kappa shape index (κ3) is 4.26. The highest BCUT2D eigenvalue weighted by Gasteiger charge is 2.14. The molecule has 0 bridgehead atoms. The molecule has 1 N–H and O–H groups in total. The Kier molecular flexibility index (Phi) is 5.19. The number of nitrogens with one attached hydrogen (secondary N) is 1. The Morgan fingerprint density at radius 2 is 2.29 bits per heavy atom. The van der Waals surface area contributed by atoms with Crippen molar-refractivity contribution < 1.29 is 14.3 Å². The number of esters is 1. The van der Waals surface area contributed by atoms with Crippen LogP contribution < -0.4 is 5.32 Å². The maximum absolute atomic E-state index is 11.7. The van der Waals surface area contributed by atoms with Gasteiger partial charge < -0.3 is 10.1 Å². The molecule has 6 heteroatoms. The van der Waals surface area contributed by atoms with Crippen LogP contribution in [0.5, 0.6) is 0 Å². The van der Waals surface area contributed by atoms with Crippen molar-refractivity contribution in [3.8, 4) is 0 Å². The second kappa shape index (κ2) is 6.67. The molecule has 1 unspecified atom stereocenters. The minimum atomic E-state index is -0.382. The van der Waals surface area contributed by atoms with Crippen LogP contribution >= 0.6 is 0 Å². The predicted molar refractivity (Wildman–Crippen MR) is 61.2 cm³/mol. The molecule has 0 radical (unpaired) electrons. The Labute approximate surface area is 99.9 Å². The molecule has 0 fully saturated rings. The highest BCUT2D eigenvalue weighted by Crippen LogP contribution is 2.02. The van der Waals surface area contributed by atoms with Crippen LogP contribution in [0, 0.1) is 0 Å². The van der Waals surface area contributed by atoms with E-state index in [4.69, 9.17) is 4.74 Å². The van der Waals surface area contributed by atoms with Crippen LogP contribution in [-0.4, -0.2) is 34.8 Å². The van der Waals surface area contributed by atoms with E-state index in [1.165, 1.54) is 0 Å². The highest BCUT2D eigenvalue weighted by atomic mass is 16.5. The van der Waals surface area contributed by atoms with Gasteiger partial charge in [0, 0.05) is 18.9 Å². The number of ether oxygens (including phenoxy) is 1. The minimum absolute atomic E-state index is 0.169. The summed E-state index contributed by atoms with van der Waals surface area (Å²) in [4.78, 5) is 22.7. The summed E-state index contributed by atoms with van der Waals surface area (Å²) in [6.45, 7) is 4.13. The number of hydrogen-bond acceptors (Lipinski definition) is 4. The van der Waals surface area contributed by atoms with Crippen LogP contribution in [0.25, 0.3) is 0 Å². The van der Waals surface area contributed by atoms with Gasteiger partial charge in [-0.1, -0.05) is 0 Å². The van der Waals surface area contributed by atoms with Gasteiger partial charge in [0.25, 0.3) is 0 Å². The van der Waals surface area contributed by atoms with Gasteiger partial charge in [0.05, 0.1) is 13.0 Å². The molecule has 1 aromatic heterocycles. The molecule has 0 aliphatic rings. The molecule has 1 amide bonds. The van der Waals surface area contributed by atoms with Crippen LogP contribution in [-0.2, 0) is 14.3 Å². The maximum Gasteiger partial charge on any atom is 0.307 e. The quantitative estimate of drug-likeness (QED) is 0.734. The molecule has 0 aromatic carbocycles. The fourth-order valence-electron chi connectivity index (χ4n) is 1.30. The van der Waals surface area contributed by atoms with E-state index in [1.54, 1.807) is 37.0 Å². The lowest BCUT2D eigenvalue weighted by molar-refractivity contribution is -0.143. The van der Waals surface area contributed by atoms with Crippen molar-refractivity contribution in [1.29, 1.82) is 0 Å². The standard InChI is InChI=1S/C11H17N3O3/c1-3-17-10(15)5-7-12-11(16)9(2)14-8-4-6-13-14/h4,6,8-9H,3,5,7H2,1-2H3,(H,12,16). The second-order valence-corrected chi connectivity index (χ2v) is 3.51. The summed E-state index contributed by atoms with van der Waals surface area (Å²) in [5.74, 6) is -0.474. The number of nitrogens with zero attached hydrogens (tertiary/aromatic N) is 2. The number of rotatable bonds is 6. The van der Waals surface area contributed by atoms with Crippen molar-refractivity contribution in [3.63, 3.8) is 0 Å². The van der Waals surface area contributed by atoms with Gasteiger partial charge in [-0.15, -0.1) is 0 Å². The van der Waals surface area contributed by atoms with E-state index in [0.29, 0.717) is 6.61 Å². The first-order chi connectivity index (χ1) is 8.15. The summed E-state index contributed by atoms with van der Waals surface area (Å²) in [5.41, 5.74) is 0. The summed E-state index contributed by atoms with van der Waals surface area (Å²) >= 11 is 0. The Balaban J connectivity index is 2.28. The van der Waals surface area contributed by atoms with E-state index in [1.807, 2.05) is 0 Å². The lowest BCUT2D eigenvalue weighted by Gasteiger charge is -2.12. The van der Waals surface area contributed by atoms with Crippen LogP contribution in [0.1, 0.15) is 26.3 Å². The van der Waals surface area contributed by atoms with Gasteiger partial charge in [0.15, 0.2) is 0 Å². The smallest absolute Gasteiger partial charge is 0.307 e. The number of aromatic nitrogens is 2. The van der Waals surface area contributed by atoms with Crippen molar-refractivity contribution in [1.82, 2.24) is 15.1 Å². The topological polar surface area (TPSA) is 73.2 Å². The molecule has 17 heavy (non-hydrogen) atoms. The van der Waals surface area contributed by atoms with E-state index in [-0.39, 0.29) is 30.9 Å². The fourth-order valence-corrected chi connectivity index (χ4v) is 1.30. The zero-order valence-electron chi connectivity index (χ0n) is 10.0. The zero-order valence-corrected chi connectivity index (χ0v) is 10.0. The van der Waals surface area contributed by atoms with E-state index < -0.39 is 0 Å². The molecule has 6 nitrogen and oxygen atoms in total. The average molecular weight is 239 g/mol. The molecule has 1 heterocycles. The van der Waals surface area contributed by atoms with E-state index >= 15 is 0 Å². The molecule has 94 valence electrons. The van der Waals surface area contributed by atoms with Crippen LogP contribution in [0.4, 0.5) is 0 Å². The van der Waals surface area contributed by atoms with Gasteiger partial charge in [-0.25, -0.2) is 0 Å². The Morgan fingerprint density at radius 1 is 1.53 bits per heavy atom. The Hall–Kier alpha value is -1.85. The van der Waals surface area contributed by atoms with Gasteiger partial charge in [0.2, 0.25) is 5.91 Å². The third-order valence-electron chi connectivity index (χ3n) is 2.23. The summed E-state index contributed by atoms with van der Waals surface area (Å²) in [5, 5.41) is 6.63. The van der Waals surface area contributed by atoms with Gasteiger partial charge in [-0.3, -0.25) is 14.3 Å². The molecule has 0 spiro atoms. The van der Waals surface area contributed by atoms with Crippen molar-refractivity contribution in [3.05, 3.63) is 18.5 Å². The summed E-state index contributed by atoms with van der Waals surface area (Å²) in [6.07, 6.45) is 3.52. The maximum atomic E-state index is 11.7. The lowest BCUT2D eigenvalue weighted by atomic mass is 10.3. The molecule has 1 rings (SSSR count). The predicted octanol–water partition coefficient (Wildman–Crippen LogP) is 0.513. The Bertz CT molecular complexity index is 362. The summed E-state index contributed by atoms with van der Waals surface area (Å²) < 4.78 is 6.30. The largest absolute Gasteiger partial charge is 0.466 e. The van der Waals surface area contributed by atoms with Crippen LogP contribution in [0.3, 0.4) is 0 Å². The Morgan fingerprint density at radius 3 is 2.88 bits per heavy atom. The lowest BCUT2D eigenvalue weighted by Crippen LogP contribution is -2.32. The van der Waals surface area contributed by atoms with Gasteiger partial charge in [0.1, 0.15) is 6.04 Å². The first-order valence-electron chi connectivity index (χ1n) is 5.57. The fraction of sp³-hybridized carbons (Fsp3) is 0.545. The monoisotopic (exact) mass is 239 g/mol. The van der Waals surface area contributed by atoms with Crippen LogP contribution in [0.2, 0.25) is 0 Å². The van der Waals surface area contributed by atoms with Gasteiger partial charge in [-0.2, -0.15) is 5.10 Å². The van der Waals surface area contributed by atoms with Crippen LogP contribution in [0.15, 0.2) is 18.5 Å². The summed E-state index contributed by atoms with van der Waals surface area (Å²) in [7, 11) is 0. The first-order valence-corrected chi connectivity index (χ1v) is 5.57. The van der Waals surface area contributed by atoms with E-state index in [2.05, 4.69) is 10.4 Å². The first kappa shape index (κ1) is 13.2. The highest BCUT2D eigenvalue weighted by molar-refractivity contribution is 5.80. The second-order valence-electron chi connectivity index (χ2n) is 3.51. The SMILES string of the molecule is CCOC(=O)CCNC(=O)C(C)n1cccn1. The van der Waals surface area contributed by atoms with E-state index in [0.717, 1.165) is 0 Å². The number of amides is 1. The normalized spacial score (nSPS) is 11.9. The van der Waals surface area contributed by atoms with Gasteiger partial charge >= 0.3 is 5.97 Å². The average Bonchev–Trinajstić information content (AvgIpc) is 2.81. The van der Waals surface area contributed by atoms with E-state index in [9.17, 15) is 9.59 Å². The molecule has 0 aliphatic carbocycles. The number of carbonyl (C=O) groups excluding carboxylic acids is 2. The third-order valence-corrected chi connectivity index (χ3v) is 2.23. The van der Waals surface area contributed by atoms with Crippen molar-refractivity contribution in [2.45, 2.75) is 26.3 Å². The molecule has 0 aliphatic heterocycles. The molecule has 1 aromatic rings. The minimum Gasteiger partial charge on any atom is -0.466 e. The molecular weight excluding hydrogens is 222 g/mol. The van der Waals surface area contributed by atoms with Crippen molar-refractivity contribution in [2.75, 3.05) is 13.2 Å². The van der Waals surface area contributed by atoms with Crippen molar-refractivity contribution in [2.24, 2.45) is 0 Å². The molecule has 0 saturated carbocycles.